The molecule has 3 aliphatic rings. The molecule has 0 bridgehead atoms. The Hall–Kier alpha value is -1.10. The molecule has 5 nitrogen and oxygen atoms in total. The highest BCUT2D eigenvalue weighted by atomic mass is 16.2. The first-order valence-electron chi connectivity index (χ1n) is 7.42. The Labute approximate surface area is 113 Å². The van der Waals surface area contributed by atoms with Crippen molar-refractivity contribution in [3.63, 3.8) is 0 Å². The third-order valence-electron chi connectivity index (χ3n) is 4.78. The molecule has 0 aromatic carbocycles. The Bertz CT molecular complexity index is 386. The molecule has 106 valence electrons. The number of carbonyl (C=O) groups is 2. The normalized spacial score (nSPS) is 29.6. The second-order valence-corrected chi connectivity index (χ2v) is 6.38. The zero-order valence-electron chi connectivity index (χ0n) is 11.5. The number of rotatable bonds is 4. The minimum Gasteiger partial charge on any atom is -0.352 e. The summed E-state index contributed by atoms with van der Waals surface area (Å²) in [5.41, 5.74) is 0.238. The first-order chi connectivity index (χ1) is 9.11. The summed E-state index contributed by atoms with van der Waals surface area (Å²) in [4.78, 5) is 24.0. The van der Waals surface area contributed by atoms with Crippen LogP contribution in [-0.4, -0.2) is 37.0 Å². The van der Waals surface area contributed by atoms with Crippen LogP contribution in [-0.2, 0) is 9.59 Å². The maximum Gasteiger partial charge on any atom is 0.242 e. The van der Waals surface area contributed by atoms with Crippen LogP contribution in [0.1, 0.15) is 39.0 Å². The van der Waals surface area contributed by atoms with Crippen molar-refractivity contribution < 1.29 is 9.59 Å². The number of nitrogens with one attached hydrogen (secondary N) is 3. The quantitative estimate of drug-likeness (QED) is 0.678. The largest absolute Gasteiger partial charge is 0.352 e. The standard InChI is InChI=1S/C14H23N3O2/c1-9(12(18)17-10-2-3-10)16-13(19)11-8-14(11)4-6-15-7-5-14/h9-11,15H,2-8H2,1H3,(H,16,19)(H,17,18). The van der Waals surface area contributed by atoms with Gasteiger partial charge >= 0.3 is 0 Å². The summed E-state index contributed by atoms with van der Waals surface area (Å²) in [5, 5.41) is 9.13. The van der Waals surface area contributed by atoms with Crippen molar-refractivity contribution in [2.75, 3.05) is 13.1 Å². The summed E-state index contributed by atoms with van der Waals surface area (Å²) >= 11 is 0. The van der Waals surface area contributed by atoms with Crippen molar-refractivity contribution in [3.05, 3.63) is 0 Å². The highest BCUT2D eigenvalue weighted by Crippen LogP contribution is 2.58. The monoisotopic (exact) mass is 265 g/mol. The minimum atomic E-state index is -0.410. The maximum atomic E-state index is 12.2. The molecule has 2 atom stereocenters. The zero-order valence-corrected chi connectivity index (χ0v) is 11.5. The first-order valence-corrected chi connectivity index (χ1v) is 7.42. The average Bonchev–Trinajstić information content (AvgIpc) is 3.29. The van der Waals surface area contributed by atoms with Gasteiger partial charge in [0.05, 0.1) is 0 Å². The molecule has 0 aromatic rings. The smallest absolute Gasteiger partial charge is 0.242 e. The Kier molecular flexibility index (Phi) is 3.25. The van der Waals surface area contributed by atoms with E-state index in [2.05, 4.69) is 16.0 Å². The van der Waals surface area contributed by atoms with Crippen LogP contribution < -0.4 is 16.0 Å². The van der Waals surface area contributed by atoms with E-state index >= 15 is 0 Å². The topological polar surface area (TPSA) is 70.2 Å². The van der Waals surface area contributed by atoms with E-state index in [1.807, 2.05) is 0 Å². The van der Waals surface area contributed by atoms with E-state index in [0.29, 0.717) is 6.04 Å². The van der Waals surface area contributed by atoms with Crippen LogP contribution in [0, 0.1) is 11.3 Å². The van der Waals surface area contributed by atoms with Gasteiger partial charge in [-0.15, -0.1) is 0 Å². The van der Waals surface area contributed by atoms with Crippen molar-refractivity contribution in [1.82, 2.24) is 16.0 Å². The molecule has 0 aromatic heterocycles. The van der Waals surface area contributed by atoms with E-state index in [0.717, 1.165) is 45.2 Å². The molecule has 2 aliphatic carbocycles. The maximum absolute atomic E-state index is 12.2. The molecule has 0 radical (unpaired) electrons. The van der Waals surface area contributed by atoms with E-state index in [-0.39, 0.29) is 23.1 Å². The number of carbonyl (C=O) groups excluding carboxylic acids is 2. The fraction of sp³-hybridized carbons (Fsp3) is 0.857. The predicted molar refractivity (Wildman–Crippen MR) is 71.4 cm³/mol. The number of hydrogen-bond acceptors (Lipinski definition) is 3. The fourth-order valence-electron chi connectivity index (χ4n) is 3.13. The average molecular weight is 265 g/mol. The van der Waals surface area contributed by atoms with Crippen LogP contribution in [0.5, 0.6) is 0 Å². The number of hydrogen-bond donors (Lipinski definition) is 3. The molecule has 3 fully saturated rings. The Morgan fingerprint density at radius 1 is 1.26 bits per heavy atom. The van der Waals surface area contributed by atoms with Gasteiger partial charge in [0, 0.05) is 12.0 Å². The molecule has 1 saturated heterocycles. The van der Waals surface area contributed by atoms with E-state index in [1.54, 1.807) is 6.92 Å². The van der Waals surface area contributed by atoms with E-state index in [9.17, 15) is 9.59 Å². The highest BCUT2D eigenvalue weighted by molar-refractivity contribution is 5.90. The predicted octanol–water partition coefficient (Wildman–Crippen LogP) is 0.159. The Balaban J connectivity index is 1.47. The SMILES string of the molecule is CC(NC(=O)C1CC12CCNCC2)C(=O)NC1CC1. The van der Waals surface area contributed by atoms with Gasteiger partial charge in [0.1, 0.15) is 6.04 Å². The van der Waals surface area contributed by atoms with E-state index < -0.39 is 6.04 Å². The number of amides is 2. The van der Waals surface area contributed by atoms with Gasteiger partial charge in [-0.1, -0.05) is 0 Å². The van der Waals surface area contributed by atoms with Gasteiger partial charge in [0.25, 0.3) is 0 Å². The molecule has 2 amide bonds. The van der Waals surface area contributed by atoms with Gasteiger partial charge in [-0.2, -0.15) is 0 Å². The fourth-order valence-corrected chi connectivity index (χ4v) is 3.13. The molecule has 3 N–H and O–H groups in total. The molecule has 3 rings (SSSR count). The van der Waals surface area contributed by atoms with Gasteiger partial charge in [0.2, 0.25) is 11.8 Å². The summed E-state index contributed by atoms with van der Waals surface area (Å²) in [5.74, 6) is 0.155. The van der Waals surface area contributed by atoms with Crippen LogP contribution >= 0.6 is 0 Å². The summed E-state index contributed by atoms with van der Waals surface area (Å²) in [7, 11) is 0. The molecular formula is C14H23N3O2. The Morgan fingerprint density at radius 2 is 1.95 bits per heavy atom. The lowest BCUT2D eigenvalue weighted by molar-refractivity contribution is -0.129. The highest BCUT2D eigenvalue weighted by Gasteiger charge is 2.57. The number of piperidine rings is 1. The van der Waals surface area contributed by atoms with Crippen LogP contribution in [0.4, 0.5) is 0 Å². The molecule has 2 saturated carbocycles. The first kappa shape index (κ1) is 12.9. The second kappa shape index (κ2) is 4.78. The summed E-state index contributed by atoms with van der Waals surface area (Å²) in [6, 6.07) is -0.0593. The summed E-state index contributed by atoms with van der Waals surface area (Å²) in [6.07, 6.45) is 5.33. The van der Waals surface area contributed by atoms with Gasteiger partial charge in [-0.25, -0.2) is 0 Å². The van der Waals surface area contributed by atoms with Gasteiger partial charge in [0.15, 0.2) is 0 Å². The lowest BCUT2D eigenvalue weighted by Crippen LogP contribution is -2.46. The molecule has 1 heterocycles. The van der Waals surface area contributed by atoms with Crippen LogP contribution in [0.15, 0.2) is 0 Å². The zero-order chi connectivity index (χ0) is 13.5. The van der Waals surface area contributed by atoms with Crippen LogP contribution in [0.3, 0.4) is 0 Å². The van der Waals surface area contributed by atoms with Gasteiger partial charge in [-0.05, 0) is 57.5 Å². The van der Waals surface area contributed by atoms with E-state index in [1.165, 1.54) is 0 Å². The summed E-state index contributed by atoms with van der Waals surface area (Å²) < 4.78 is 0. The molecule has 2 unspecified atom stereocenters. The van der Waals surface area contributed by atoms with Crippen molar-refractivity contribution in [2.24, 2.45) is 11.3 Å². The van der Waals surface area contributed by atoms with E-state index in [4.69, 9.17) is 0 Å². The van der Waals surface area contributed by atoms with Crippen molar-refractivity contribution in [2.45, 2.75) is 51.1 Å². The molecule has 19 heavy (non-hydrogen) atoms. The molecule has 5 heteroatoms. The third-order valence-corrected chi connectivity index (χ3v) is 4.78. The third kappa shape index (κ3) is 2.76. The lowest BCUT2D eigenvalue weighted by atomic mass is 9.91. The molecule has 1 aliphatic heterocycles. The van der Waals surface area contributed by atoms with Crippen LogP contribution in [0.2, 0.25) is 0 Å². The lowest BCUT2D eigenvalue weighted by Gasteiger charge is -2.23. The van der Waals surface area contributed by atoms with Crippen molar-refractivity contribution in [1.29, 1.82) is 0 Å². The van der Waals surface area contributed by atoms with Crippen molar-refractivity contribution >= 4 is 11.8 Å². The molecule has 1 spiro atoms. The second-order valence-electron chi connectivity index (χ2n) is 6.38. The van der Waals surface area contributed by atoms with Gasteiger partial charge in [-0.3, -0.25) is 9.59 Å². The minimum absolute atomic E-state index is 0.0455. The van der Waals surface area contributed by atoms with Crippen molar-refractivity contribution in [3.8, 4) is 0 Å². The Morgan fingerprint density at radius 3 is 2.58 bits per heavy atom. The summed E-state index contributed by atoms with van der Waals surface area (Å²) in [6.45, 7) is 3.80. The van der Waals surface area contributed by atoms with Crippen LogP contribution in [0.25, 0.3) is 0 Å². The van der Waals surface area contributed by atoms with Gasteiger partial charge < -0.3 is 16.0 Å². The molecular weight excluding hydrogens is 242 g/mol.